The van der Waals surface area contributed by atoms with E-state index in [1.807, 2.05) is 24.3 Å². The van der Waals surface area contributed by atoms with Gasteiger partial charge in [-0.1, -0.05) is 31.9 Å². The third-order valence-corrected chi connectivity index (χ3v) is 2.35. The number of aryl methyl sites for hydroxylation is 1. The molecule has 0 aliphatic carbocycles. The second-order valence-electron chi connectivity index (χ2n) is 3.78. The minimum atomic E-state index is -0.952. The summed E-state index contributed by atoms with van der Waals surface area (Å²) in [6.45, 7) is 1.90. The van der Waals surface area contributed by atoms with E-state index in [-0.39, 0.29) is 6.61 Å². The Bertz CT molecular complexity index is 316. The van der Waals surface area contributed by atoms with Gasteiger partial charge in [0.05, 0.1) is 0 Å². The second-order valence-corrected chi connectivity index (χ2v) is 3.78. The van der Waals surface area contributed by atoms with Crippen LogP contribution in [0.15, 0.2) is 24.3 Å². The topological polar surface area (TPSA) is 46.5 Å². The smallest absolute Gasteiger partial charge is 0.341 e. The van der Waals surface area contributed by atoms with Crippen molar-refractivity contribution in [3.05, 3.63) is 29.8 Å². The first kappa shape index (κ1) is 12.6. The van der Waals surface area contributed by atoms with Gasteiger partial charge < -0.3 is 9.84 Å². The maximum Gasteiger partial charge on any atom is 0.341 e. The molecule has 0 atom stereocenters. The number of benzene rings is 1. The molecule has 0 fully saturated rings. The Morgan fingerprint density at radius 3 is 2.50 bits per heavy atom. The Kier molecular flexibility index (Phi) is 5.40. The normalized spacial score (nSPS) is 10.1. The van der Waals surface area contributed by atoms with Crippen molar-refractivity contribution in [2.45, 2.75) is 32.6 Å². The van der Waals surface area contributed by atoms with Gasteiger partial charge in [0, 0.05) is 0 Å². The molecule has 0 heterocycles. The summed E-state index contributed by atoms with van der Waals surface area (Å²) in [5.74, 6) is -0.339. The van der Waals surface area contributed by atoms with Gasteiger partial charge in [0.2, 0.25) is 0 Å². The van der Waals surface area contributed by atoms with Gasteiger partial charge in [-0.15, -0.1) is 0 Å². The molecule has 88 valence electrons. The van der Waals surface area contributed by atoms with Crippen molar-refractivity contribution in [1.29, 1.82) is 0 Å². The zero-order valence-corrected chi connectivity index (χ0v) is 9.61. The minimum absolute atomic E-state index is 0.283. The first-order valence-electron chi connectivity index (χ1n) is 5.66. The molecule has 0 spiro atoms. The highest BCUT2D eigenvalue weighted by Crippen LogP contribution is 2.14. The Hall–Kier alpha value is -1.51. The fourth-order valence-electron chi connectivity index (χ4n) is 1.48. The summed E-state index contributed by atoms with van der Waals surface area (Å²) in [4.78, 5) is 10.3. The predicted octanol–water partition coefficient (Wildman–Crippen LogP) is 2.88. The minimum Gasteiger partial charge on any atom is -0.482 e. The number of hydrogen-bond acceptors (Lipinski definition) is 2. The molecule has 0 saturated heterocycles. The van der Waals surface area contributed by atoms with Gasteiger partial charge in [-0.25, -0.2) is 4.79 Å². The average molecular weight is 222 g/mol. The van der Waals surface area contributed by atoms with Crippen LogP contribution < -0.4 is 4.74 Å². The van der Waals surface area contributed by atoms with Gasteiger partial charge in [0.15, 0.2) is 6.61 Å². The first-order valence-corrected chi connectivity index (χ1v) is 5.66. The summed E-state index contributed by atoms with van der Waals surface area (Å²) in [6.07, 6.45) is 4.75. The van der Waals surface area contributed by atoms with E-state index in [4.69, 9.17) is 9.84 Å². The molecule has 0 aromatic heterocycles. The van der Waals surface area contributed by atoms with Crippen LogP contribution in [0, 0.1) is 0 Å². The number of hydrogen-bond donors (Lipinski definition) is 1. The lowest BCUT2D eigenvalue weighted by molar-refractivity contribution is -0.139. The molecule has 3 nitrogen and oxygen atoms in total. The van der Waals surface area contributed by atoms with Crippen molar-refractivity contribution in [2.75, 3.05) is 6.61 Å². The van der Waals surface area contributed by atoms with Crippen LogP contribution in [-0.2, 0) is 11.2 Å². The molecule has 16 heavy (non-hydrogen) atoms. The van der Waals surface area contributed by atoms with Gasteiger partial charge in [-0.05, 0) is 30.5 Å². The summed E-state index contributed by atoms with van der Waals surface area (Å²) in [6, 6.07) is 7.63. The van der Waals surface area contributed by atoms with Crippen LogP contribution in [0.5, 0.6) is 5.75 Å². The van der Waals surface area contributed by atoms with E-state index in [9.17, 15) is 4.79 Å². The van der Waals surface area contributed by atoms with Crippen LogP contribution in [0.25, 0.3) is 0 Å². The lowest BCUT2D eigenvalue weighted by Crippen LogP contribution is -2.09. The molecular weight excluding hydrogens is 204 g/mol. The molecule has 1 N–H and O–H groups in total. The highest BCUT2D eigenvalue weighted by atomic mass is 16.5. The third kappa shape index (κ3) is 4.82. The predicted molar refractivity (Wildman–Crippen MR) is 62.8 cm³/mol. The number of carbonyl (C=O) groups is 1. The largest absolute Gasteiger partial charge is 0.482 e. The molecule has 0 unspecified atom stereocenters. The van der Waals surface area contributed by atoms with Crippen molar-refractivity contribution < 1.29 is 14.6 Å². The van der Waals surface area contributed by atoms with Crippen molar-refractivity contribution in [1.82, 2.24) is 0 Å². The molecule has 0 amide bonds. The quantitative estimate of drug-likeness (QED) is 0.721. The Morgan fingerprint density at radius 1 is 1.25 bits per heavy atom. The van der Waals surface area contributed by atoms with Crippen molar-refractivity contribution >= 4 is 5.97 Å². The molecule has 0 aliphatic rings. The number of ether oxygens (including phenoxy) is 1. The van der Waals surface area contributed by atoms with E-state index in [1.165, 1.54) is 24.8 Å². The van der Waals surface area contributed by atoms with Gasteiger partial charge in [-0.3, -0.25) is 0 Å². The monoisotopic (exact) mass is 222 g/mol. The lowest BCUT2D eigenvalue weighted by Gasteiger charge is -2.04. The van der Waals surface area contributed by atoms with Gasteiger partial charge in [-0.2, -0.15) is 0 Å². The van der Waals surface area contributed by atoms with Crippen molar-refractivity contribution in [3.63, 3.8) is 0 Å². The van der Waals surface area contributed by atoms with Gasteiger partial charge >= 0.3 is 5.97 Å². The van der Waals surface area contributed by atoms with Crippen LogP contribution in [-0.4, -0.2) is 17.7 Å². The molecule has 0 bridgehead atoms. The number of rotatable bonds is 7. The highest BCUT2D eigenvalue weighted by molar-refractivity contribution is 5.68. The fourth-order valence-corrected chi connectivity index (χ4v) is 1.48. The van der Waals surface area contributed by atoms with E-state index < -0.39 is 5.97 Å². The zero-order chi connectivity index (χ0) is 11.8. The molecule has 1 rings (SSSR count). The second kappa shape index (κ2) is 6.88. The van der Waals surface area contributed by atoms with Crippen LogP contribution in [0.1, 0.15) is 31.7 Å². The fraction of sp³-hybridized carbons (Fsp3) is 0.462. The van der Waals surface area contributed by atoms with Gasteiger partial charge in [0.1, 0.15) is 5.75 Å². The van der Waals surface area contributed by atoms with E-state index in [2.05, 4.69) is 6.92 Å². The highest BCUT2D eigenvalue weighted by Gasteiger charge is 1.99. The zero-order valence-electron chi connectivity index (χ0n) is 9.61. The molecule has 0 radical (unpaired) electrons. The van der Waals surface area contributed by atoms with Gasteiger partial charge in [0.25, 0.3) is 0 Å². The van der Waals surface area contributed by atoms with Crippen LogP contribution in [0.4, 0.5) is 0 Å². The number of aliphatic carboxylic acids is 1. The van der Waals surface area contributed by atoms with Crippen LogP contribution in [0.3, 0.4) is 0 Å². The molecule has 1 aromatic carbocycles. The van der Waals surface area contributed by atoms with E-state index >= 15 is 0 Å². The van der Waals surface area contributed by atoms with E-state index in [0.29, 0.717) is 5.75 Å². The molecule has 3 heteroatoms. The Labute approximate surface area is 96.1 Å². The lowest BCUT2D eigenvalue weighted by atomic mass is 10.1. The van der Waals surface area contributed by atoms with Crippen LogP contribution in [0.2, 0.25) is 0 Å². The van der Waals surface area contributed by atoms with Crippen LogP contribution >= 0.6 is 0 Å². The van der Waals surface area contributed by atoms with E-state index in [1.54, 1.807) is 0 Å². The summed E-state index contributed by atoms with van der Waals surface area (Å²) in [7, 11) is 0. The summed E-state index contributed by atoms with van der Waals surface area (Å²) < 4.78 is 5.05. The maximum absolute atomic E-state index is 10.3. The number of carboxylic acids is 1. The molecular formula is C13H18O3. The first-order chi connectivity index (χ1) is 7.72. The summed E-state index contributed by atoms with van der Waals surface area (Å²) in [5.41, 5.74) is 1.27. The summed E-state index contributed by atoms with van der Waals surface area (Å²) >= 11 is 0. The number of unbranched alkanes of at least 4 members (excludes halogenated alkanes) is 2. The third-order valence-electron chi connectivity index (χ3n) is 2.35. The Morgan fingerprint density at radius 2 is 1.94 bits per heavy atom. The Balaban J connectivity index is 2.38. The molecule has 0 aliphatic heterocycles. The SMILES string of the molecule is CCCCCc1ccc(OCC(=O)O)cc1. The average Bonchev–Trinajstić information content (AvgIpc) is 2.28. The maximum atomic E-state index is 10.3. The standard InChI is InChI=1S/C13H18O3/c1-2-3-4-5-11-6-8-12(9-7-11)16-10-13(14)15/h6-9H,2-5,10H2,1H3,(H,14,15). The van der Waals surface area contributed by atoms with E-state index in [0.717, 1.165) is 6.42 Å². The number of carboxylic acid groups (broad SMARTS) is 1. The molecule has 1 aromatic rings. The van der Waals surface area contributed by atoms with Crippen molar-refractivity contribution in [2.24, 2.45) is 0 Å². The summed E-state index contributed by atoms with van der Waals surface area (Å²) in [5, 5.41) is 8.45. The molecule has 0 saturated carbocycles. The van der Waals surface area contributed by atoms with Crippen molar-refractivity contribution in [3.8, 4) is 5.75 Å².